The summed E-state index contributed by atoms with van der Waals surface area (Å²) in [5.74, 6) is -0.713. The Bertz CT molecular complexity index is 497. The minimum absolute atomic E-state index is 0.172. The summed E-state index contributed by atoms with van der Waals surface area (Å²) in [5, 5.41) is 4.62. The van der Waals surface area contributed by atoms with Crippen molar-refractivity contribution >= 4 is 17.7 Å². The summed E-state index contributed by atoms with van der Waals surface area (Å²) in [7, 11) is 0. The fraction of sp³-hybridized carbons (Fsp3) is 0.333. The van der Waals surface area contributed by atoms with Crippen molar-refractivity contribution < 1.29 is 14.4 Å². The molecule has 6 heteroatoms. The summed E-state index contributed by atoms with van der Waals surface area (Å²) in [6, 6.07) is 2.38. The topological polar surface area (TPSA) is 88.2 Å². The predicted molar refractivity (Wildman–Crippen MR) is 65.5 cm³/mol. The van der Waals surface area contributed by atoms with Crippen molar-refractivity contribution in [2.24, 2.45) is 0 Å². The molecule has 3 amide bonds. The van der Waals surface area contributed by atoms with Crippen LogP contribution in [0.4, 0.5) is 4.79 Å². The van der Waals surface area contributed by atoms with Gasteiger partial charge in [-0.15, -0.1) is 0 Å². The number of urea groups is 1. The van der Waals surface area contributed by atoms with Gasteiger partial charge >= 0.3 is 6.03 Å². The van der Waals surface area contributed by atoms with Gasteiger partial charge in [0.05, 0.1) is 11.3 Å². The molecule has 0 fully saturated rings. The monoisotopic (exact) mass is 249 g/mol. The number of amides is 3. The Hall–Kier alpha value is -2.24. The van der Waals surface area contributed by atoms with Crippen LogP contribution in [0.25, 0.3) is 0 Å². The maximum atomic E-state index is 11.7. The van der Waals surface area contributed by atoms with E-state index in [0.29, 0.717) is 17.9 Å². The number of aryl methyl sites for hydroxylation is 1. The predicted octanol–water partition coefficient (Wildman–Crippen LogP) is 1.05. The van der Waals surface area contributed by atoms with Crippen LogP contribution >= 0.6 is 0 Å². The maximum Gasteiger partial charge on any atom is 0.321 e. The fourth-order valence-electron chi connectivity index (χ4n) is 1.37. The van der Waals surface area contributed by atoms with Crippen molar-refractivity contribution in [2.45, 2.75) is 20.8 Å². The first kappa shape index (κ1) is 13.8. The Morgan fingerprint density at radius 3 is 2.44 bits per heavy atom. The first-order valence-electron chi connectivity index (χ1n) is 5.53. The highest BCUT2D eigenvalue weighted by Gasteiger charge is 2.14. The minimum atomic E-state index is -0.558. The van der Waals surface area contributed by atoms with Crippen LogP contribution in [0, 0.1) is 6.92 Å². The van der Waals surface area contributed by atoms with Crippen LogP contribution in [0.5, 0.6) is 0 Å². The molecule has 0 radical (unpaired) electrons. The molecule has 2 N–H and O–H groups in total. The highest BCUT2D eigenvalue weighted by atomic mass is 16.2. The minimum Gasteiger partial charge on any atom is -0.338 e. The van der Waals surface area contributed by atoms with Crippen LogP contribution in [0.15, 0.2) is 12.1 Å². The molecule has 0 bridgehead atoms. The maximum absolute atomic E-state index is 11.7. The van der Waals surface area contributed by atoms with Crippen molar-refractivity contribution in [1.29, 1.82) is 0 Å². The molecule has 1 rings (SSSR count). The molecule has 18 heavy (non-hydrogen) atoms. The van der Waals surface area contributed by atoms with Crippen molar-refractivity contribution in [3.63, 3.8) is 0 Å². The second-order valence-corrected chi connectivity index (χ2v) is 3.70. The van der Waals surface area contributed by atoms with Crippen molar-refractivity contribution in [3.05, 3.63) is 29.1 Å². The van der Waals surface area contributed by atoms with E-state index in [4.69, 9.17) is 0 Å². The zero-order valence-electron chi connectivity index (χ0n) is 10.5. The van der Waals surface area contributed by atoms with E-state index in [1.165, 1.54) is 19.1 Å². The van der Waals surface area contributed by atoms with E-state index in [9.17, 15) is 14.4 Å². The Balaban J connectivity index is 2.87. The number of hydrogen-bond acceptors (Lipinski definition) is 4. The van der Waals surface area contributed by atoms with Crippen LogP contribution in [-0.2, 0) is 0 Å². The number of carbonyl (C=O) groups excluding carboxylic acids is 3. The molecule has 6 nitrogen and oxygen atoms in total. The van der Waals surface area contributed by atoms with Crippen molar-refractivity contribution in [1.82, 2.24) is 15.6 Å². The van der Waals surface area contributed by atoms with Gasteiger partial charge in [-0.05, 0) is 26.0 Å². The summed E-state index contributed by atoms with van der Waals surface area (Å²) >= 11 is 0. The molecule has 1 aromatic rings. The van der Waals surface area contributed by atoms with Gasteiger partial charge in [-0.3, -0.25) is 14.9 Å². The summed E-state index contributed by atoms with van der Waals surface area (Å²) in [5.41, 5.74) is 0.970. The summed E-state index contributed by atoms with van der Waals surface area (Å²) in [4.78, 5) is 38.1. The number of nitrogens with one attached hydrogen (secondary N) is 2. The summed E-state index contributed by atoms with van der Waals surface area (Å²) in [6.07, 6.45) is 0. The molecular formula is C12H15N3O3. The van der Waals surface area contributed by atoms with Crippen LogP contribution in [-0.4, -0.2) is 29.3 Å². The number of imide groups is 1. The van der Waals surface area contributed by atoms with E-state index in [1.807, 2.05) is 0 Å². The number of hydrogen-bond donors (Lipinski definition) is 2. The second kappa shape index (κ2) is 5.90. The third-order valence-corrected chi connectivity index (χ3v) is 2.26. The van der Waals surface area contributed by atoms with E-state index in [-0.39, 0.29) is 11.3 Å². The number of Topliss-reactive ketones (excluding diaryl/α,β-unsaturated/α-hetero) is 1. The van der Waals surface area contributed by atoms with Gasteiger partial charge < -0.3 is 5.32 Å². The third kappa shape index (κ3) is 3.38. The van der Waals surface area contributed by atoms with Gasteiger partial charge in [0.15, 0.2) is 5.78 Å². The lowest BCUT2D eigenvalue weighted by Gasteiger charge is -2.07. The average molecular weight is 249 g/mol. The first-order chi connectivity index (χ1) is 8.45. The van der Waals surface area contributed by atoms with Gasteiger partial charge in [0.1, 0.15) is 5.69 Å². The smallest absolute Gasteiger partial charge is 0.321 e. The molecule has 0 unspecified atom stereocenters. The number of rotatable bonds is 3. The second-order valence-electron chi connectivity index (χ2n) is 3.70. The van der Waals surface area contributed by atoms with E-state index in [1.54, 1.807) is 13.8 Å². The molecule has 0 spiro atoms. The Labute approximate surface area is 105 Å². The van der Waals surface area contributed by atoms with Crippen LogP contribution in [0.1, 0.15) is 40.4 Å². The lowest BCUT2D eigenvalue weighted by Crippen LogP contribution is -2.39. The third-order valence-electron chi connectivity index (χ3n) is 2.26. The highest BCUT2D eigenvalue weighted by Crippen LogP contribution is 2.07. The van der Waals surface area contributed by atoms with Crippen molar-refractivity contribution in [2.75, 3.05) is 6.54 Å². The van der Waals surface area contributed by atoms with Gasteiger partial charge in [-0.25, -0.2) is 9.78 Å². The Morgan fingerprint density at radius 1 is 1.28 bits per heavy atom. The SMILES string of the molecule is CCNC(=O)NC(=O)c1ccc(C(C)=O)nc1C. The molecule has 0 atom stereocenters. The van der Waals surface area contributed by atoms with Crippen LogP contribution < -0.4 is 10.6 Å². The van der Waals surface area contributed by atoms with Gasteiger partial charge in [0, 0.05) is 13.5 Å². The zero-order chi connectivity index (χ0) is 13.7. The molecular weight excluding hydrogens is 234 g/mol. The quantitative estimate of drug-likeness (QED) is 0.784. The molecule has 0 saturated carbocycles. The van der Waals surface area contributed by atoms with E-state index >= 15 is 0 Å². The van der Waals surface area contributed by atoms with Gasteiger partial charge in [-0.2, -0.15) is 0 Å². The first-order valence-corrected chi connectivity index (χ1v) is 5.53. The molecule has 1 heterocycles. The normalized spacial score (nSPS) is 9.72. The number of pyridine rings is 1. The Morgan fingerprint density at radius 2 is 1.94 bits per heavy atom. The van der Waals surface area contributed by atoms with Crippen LogP contribution in [0.3, 0.4) is 0 Å². The largest absolute Gasteiger partial charge is 0.338 e. The van der Waals surface area contributed by atoms with Gasteiger partial charge in [-0.1, -0.05) is 0 Å². The van der Waals surface area contributed by atoms with Crippen molar-refractivity contribution in [3.8, 4) is 0 Å². The van der Waals surface area contributed by atoms with E-state index in [2.05, 4.69) is 15.6 Å². The highest BCUT2D eigenvalue weighted by molar-refractivity contribution is 6.05. The molecule has 0 aliphatic rings. The number of carbonyl (C=O) groups is 3. The Kier molecular flexibility index (Phi) is 4.53. The van der Waals surface area contributed by atoms with Gasteiger partial charge in [0.25, 0.3) is 5.91 Å². The number of aromatic nitrogens is 1. The fourth-order valence-corrected chi connectivity index (χ4v) is 1.37. The van der Waals surface area contributed by atoms with Crippen LogP contribution in [0.2, 0.25) is 0 Å². The number of ketones is 1. The lowest BCUT2D eigenvalue weighted by atomic mass is 10.1. The van der Waals surface area contributed by atoms with E-state index in [0.717, 1.165) is 0 Å². The molecule has 96 valence electrons. The molecule has 0 aromatic carbocycles. The molecule has 1 aromatic heterocycles. The zero-order valence-corrected chi connectivity index (χ0v) is 10.5. The van der Waals surface area contributed by atoms with E-state index < -0.39 is 11.9 Å². The standard InChI is InChI=1S/C12H15N3O3/c1-4-13-12(18)15-11(17)9-5-6-10(8(3)16)14-7(9)2/h5-6H,4H2,1-3H3,(H2,13,15,17,18). The average Bonchev–Trinajstić information content (AvgIpc) is 2.28. The molecule has 0 aliphatic carbocycles. The lowest BCUT2D eigenvalue weighted by molar-refractivity contribution is 0.0959. The molecule has 0 aliphatic heterocycles. The number of nitrogens with zero attached hydrogens (tertiary/aromatic N) is 1. The van der Waals surface area contributed by atoms with Gasteiger partial charge in [0.2, 0.25) is 0 Å². The molecule has 0 saturated heterocycles. The summed E-state index contributed by atoms with van der Waals surface area (Å²) < 4.78 is 0. The summed E-state index contributed by atoms with van der Waals surface area (Å²) in [6.45, 7) is 5.19.